The highest BCUT2D eigenvalue weighted by molar-refractivity contribution is 5.88. The third-order valence-electron chi connectivity index (χ3n) is 3.27. The summed E-state index contributed by atoms with van der Waals surface area (Å²) in [7, 11) is 0. The maximum atomic E-state index is 5.85. The van der Waals surface area contributed by atoms with Crippen LogP contribution in [0.4, 0.5) is 0 Å². The molecule has 0 bridgehead atoms. The van der Waals surface area contributed by atoms with Gasteiger partial charge in [0.1, 0.15) is 5.75 Å². The van der Waals surface area contributed by atoms with Crippen molar-refractivity contribution in [3.63, 3.8) is 0 Å². The fourth-order valence-electron chi connectivity index (χ4n) is 2.44. The summed E-state index contributed by atoms with van der Waals surface area (Å²) in [6.07, 6.45) is 1.10. The second-order valence-corrected chi connectivity index (χ2v) is 5.39. The summed E-state index contributed by atoms with van der Waals surface area (Å²) in [6, 6.07) is 12.8. The molecule has 1 aliphatic heterocycles. The Kier molecular flexibility index (Phi) is 1.97. The molecule has 3 rings (SSSR count). The van der Waals surface area contributed by atoms with Gasteiger partial charge in [0.05, 0.1) is 6.61 Å². The predicted molar refractivity (Wildman–Crippen MR) is 66.9 cm³/mol. The Bertz CT molecular complexity index is 540. The third-order valence-corrected chi connectivity index (χ3v) is 3.27. The van der Waals surface area contributed by atoms with Crippen LogP contribution in [0.2, 0.25) is 0 Å². The van der Waals surface area contributed by atoms with Crippen molar-refractivity contribution < 1.29 is 4.74 Å². The first-order valence-electron chi connectivity index (χ1n) is 5.79. The lowest BCUT2D eigenvalue weighted by atomic mass is 9.82. The van der Waals surface area contributed by atoms with Crippen molar-refractivity contribution in [3.8, 4) is 5.75 Å². The molecule has 0 aromatic heterocycles. The van der Waals surface area contributed by atoms with Crippen molar-refractivity contribution in [2.45, 2.75) is 20.3 Å². The van der Waals surface area contributed by atoms with E-state index < -0.39 is 0 Å². The van der Waals surface area contributed by atoms with E-state index in [1.54, 1.807) is 0 Å². The van der Waals surface area contributed by atoms with Gasteiger partial charge in [0.15, 0.2) is 0 Å². The number of ether oxygens (including phenoxy) is 1. The zero-order valence-corrected chi connectivity index (χ0v) is 9.79. The Hall–Kier alpha value is -1.50. The highest BCUT2D eigenvalue weighted by Crippen LogP contribution is 2.38. The van der Waals surface area contributed by atoms with Crippen LogP contribution in [0.1, 0.15) is 19.4 Å². The second kappa shape index (κ2) is 3.24. The Morgan fingerprint density at radius 2 is 1.88 bits per heavy atom. The molecule has 82 valence electrons. The first-order chi connectivity index (χ1) is 7.66. The highest BCUT2D eigenvalue weighted by atomic mass is 16.5. The maximum absolute atomic E-state index is 5.85. The van der Waals surface area contributed by atoms with E-state index in [9.17, 15) is 0 Å². The minimum absolute atomic E-state index is 0.247. The van der Waals surface area contributed by atoms with E-state index in [-0.39, 0.29) is 5.41 Å². The van der Waals surface area contributed by atoms with Gasteiger partial charge in [0, 0.05) is 11.0 Å². The summed E-state index contributed by atoms with van der Waals surface area (Å²) >= 11 is 0. The van der Waals surface area contributed by atoms with Crippen molar-refractivity contribution in [1.29, 1.82) is 0 Å². The minimum atomic E-state index is 0.247. The van der Waals surface area contributed by atoms with Crippen LogP contribution in [0.15, 0.2) is 36.4 Å². The smallest absolute Gasteiger partial charge is 0.123 e. The van der Waals surface area contributed by atoms with Gasteiger partial charge in [-0.15, -0.1) is 0 Å². The number of hydrogen-bond acceptors (Lipinski definition) is 1. The van der Waals surface area contributed by atoms with Crippen molar-refractivity contribution in [3.05, 3.63) is 42.0 Å². The van der Waals surface area contributed by atoms with E-state index in [1.165, 1.54) is 16.3 Å². The normalized spacial score (nSPS) is 17.9. The van der Waals surface area contributed by atoms with Gasteiger partial charge in [-0.3, -0.25) is 0 Å². The van der Waals surface area contributed by atoms with Crippen molar-refractivity contribution in [1.82, 2.24) is 0 Å². The van der Waals surface area contributed by atoms with Gasteiger partial charge < -0.3 is 4.74 Å². The van der Waals surface area contributed by atoms with E-state index in [0.717, 1.165) is 18.8 Å². The zero-order valence-electron chi connectivity index (χ0n) is 9.79. The van der Waals surface area contributed by atoms with Crippen LogP contribution in [0.3, 0.4) is 0 Å². The Morgan fingerprint density at radius 3 is 2.75 bits per heavy atom. The molecule has 0 saturated carbocycles. The van der Waals surface area contributed by atoms with E-state index in [4.69, 9.17) is 4.74 Å². The molecule has 0 aliphatic carbocycles. The van der Waals surface area contributed by atoms with Gasteiger partial charge in [-0.1, -0.05) is 44.2 Å². The molecule has 16 heavy (non-hydrogen) atoms. The van der Waals surface area contributed by atoms with Crippen LogP contribution in [0.5, 0.6) is 5.75 Å². The minimum Gasteiger partial charge on any atom is -0.493 e. The molecule has 0 amide bonds. The average Bonchev–Trinajstić information content (AvgIpc) is 2.28. The van der Waals surface area contributed by atoms with E-state index in [0.29, 0.717) is 0 Å². The SMILES string of the molecule is CC1(C)COc2ccc3ccccc3c2C1. The molecule has 0 unspecified atom stereocenters. The highest BCUT2D eigenvalue weighted by Gasteiger charge is 2.27. The van der Waals surface area contributed by atoms with Gasteiger partial charge in [-0.25, -0.2) is 0 Å². The number of fused-ring (bicyclic) bond motifs is 3. The van der Waals surface area contributed by atoms with Crippen LogP contribution in [-0.4, -0.2) is 6.61 Å². The molecular formula is C15H16O. The molecule has 2 aromatic rings. The fourth-order valence-corrected chi connectivity index (χ4v) is 2.44. The first-order valence-corrected chi connectivity index (χ1v) is 5.79. The second-order valence-electron chi connectivity index (χ2n) is 5.39. The Balaban J connectivity index is 2.25. The van der Waals surface area contributed by atoms with Gasteiger partial charge in [0.2, 0.25) is 0 Å². The molecule has 0 spiro atoms. The lowest BCUT2D eigenvalue weighted by molar-refractivity contribution is 0.156. The maximum Gasteiger partial charge on any atom is 0.123 e. The summed E-state index contributed by atoms with van der Waals surface area (Å²) in [6.45, 7) is 5.34. The average molecular weight is 212 g/mol. The molecule has 2 aromatic carbocycles. The quantitative estimate of drug-likeness (QED) is 0.645. The molecule has 1 heterocycles. The summed E-state index contributed by atoms with van der Waals surface area (Å²) < 4.78 is 5.85. The van der Waals surface area contributed by atoms with Crippen LogP contribution in [0, 0.1) is 5.41 Å². The Morgan fingerprint density at radius 1 is 1.06 bits per heavy atom. The lowest BCUT2D eigenvalue weighted by Gasteiger charge is -2.32. The van der Waals surface area contributed by atoms with Crippen LogP contribution in [0.25, 0.3) is 10.8 Å². The molecule has 1 heteroatoms. The zero-order chi connectivity index (χ0) is 11.2. The van der Waals surface area contributed by atoms with E-state index in [1.807, 2.05) is 0 Å². The first kappa shape index (κ1) is 9.71. The molecular weight excluding hydrogens is 196 g/mol. The van der Waals surface area contributed by atoms with Crippen LogP contribution >= 0.6 is 0 Å². The van der Waals surface area contributed by atoms with E-state index >= 15 is 0 Å². The number of hydrogen-bond donors (Lipinski definition) is 0. The van der Waals surface area contributed by atoms with Crippen LogP contribution in [-0.2, 0) is 6.42 Å². The monoisotopic (exact) mass is 212 g/mol. The molecule has 0 N–H and O–H groups in total. The standard InChI is InChI=1S/C15H16O/c1-15(2)9-13-12-6-4-3-5-11(12)7-8-14(13)16-10-15/h3-8H,9-10H2,1-2H3. The molecule has 0 radical (unpaired) electrons. The van der Waals surface area contributed by atoms with Gasteiger partial charge in [0.25, 0.3) is 0 Å². The van der Waals surface area contributed by atoms with Crippen molar-refractivity contribution in [2.24, 2.45) is 5.41 Å². The number of benzene rings is 2. The molecule has 1 nitrogen and oxygen atoms in total. The van der Waals surface area contributed by atoms with Crippen molar-refractivity contribution >= 4 is 10.8 Å². The number of rotatable bonds is 0. The third kappa shape index (κ3) is 1.47. The van der Waals surface area contributed by atoms with Gasteiger partial charge in [-0.2, -0.15) is 0 Å². The summed E-state index contributed by atoms with van der Waals surface area (Å²) in [5.74, 6) is 1.07. The lowest BCUT2D eigenvalue weighted by Crippen LogP contribution is -2.28. The topological polar surface area (TPSA) is 9.23 Å². The largest absolute Gasteiger partial charge is 0.493 e. The molecule has 0 saturated heterocycles. The molecule has 1 aliphatic rings. The fraction of sp³-hybridized carbons (Fsp3) is 0.333. The summed E-state index contributed by atoms with van der Waals surface area (Å²) in [5, 5.41) is 2.65. The molecule has 0 atom stereocenters. The van der Waals surface area contributed by atoms with Crippen LogP contribution < -0.4 is 4.74 Å². The Labute approximate surface area is 96.0 Å². The van der Waals surface area contributed by atoms with E-state index in [2.05, 4.69) is 50.2 Å². The molecule has 0 fully saturated rings. The summed E-state index contributed by atoms with van der Waals surface area (Å²) in [4.78, 5) is 0. The van der Waals surface area contributed by atoms with Crippen molar-refractivity contribution in [2.75, 3.05) is 6.61 Å². The van der Waals surface area contributed by atoms with Gasteiger partial charge in [-0.05, 0) is 23.3 Å². The van der Waals surface area contributed by atoms with Gasteiger partial charge >= 0.3 is 0 Å². The summed E-state index contributed by atoms with van der Waals surface area (Å²) in [5.41, 5.74) is 1.62. The predicted octanol–water partition coefficient (Wildman–Crippen LogP) is 3.80.